The summed E-state index contributed by atoms with van der Waals surface area (Å²) in [6.45, 7) is 2.37. The van der Waals surface area contributed by atoms with E-state index in [1.165, 1.54) is 44.5 Å². The highest BCUT2D eigenvalue weighted by molar-refractivity contribution is 9.10. The lowest BCUT2D eigenvalue weighted by Crippen LogP contribution is -2.43. The summed E-state index contributed by atoms with van der Waals surface area (Å²) in [7, 11) is 0. The summed E-state index contributed by atoms with van der Waals surface area (Å²) in [6.07, 6.45) is 5.36. The van der Waals surface area contributed by atoms with Crippen LogP contribution in [0.1, 0.15) is 25.7 Å². The van der Waals surface area contributed by atoms with Crippen LogP contribution in [0, 0.1) is 0 Å². The topological polar surface area (TPSA) is 15.3 Å². The Morgan fingerprint density at radius 1 is 0.941 bits per heavy atom. The van der Waals surface area contributed by atoms with Gasteiger partial charge in [0.15, 0.2) is 0 Å². The first kappa shape index (κ1) is 11.5. The minimum absolute atomic E-state index is 0.759. The molecule has 0 bridgehead atoms. The second-order valence-electron chi connectivity index (χ2n) is 5.18. The highest BCUT2D eigenvalue weighted by Crippen LogP contribution is 2.25. The van der Waals surface area contributed by atoms with Gasteiger partial charge in [0, 0.05) is 35.3 Å². The van der Waals surface area contributed by atoms with Crippen LogP contribution in [0.2, 0.25) is 0 Å². The zero-order valence-corrected chi connectivity index (χ0v) is 11.6. The van der Waals surface area contributed by atoms with Gasteiger partial charge in [0.2, 0.25) is 0 Å². The van der Waals surface area contributed by atoms with Crippen molar-refractivity contribution in [1.29, 1.82) is 0 Å². The number of piperidine rings is 1. The highest BCUT2D eigenvalue weighted by atomic mass is 79.9. The summed E-state index contributed by atoms with van der Waals surface area (Å²) in [5.74, 6) is 0. The van der Waals surface area contributed by atoms with E-state index in [1.54, 1.807) is 0 Å². The van der Waals surface area contributed by atoms with Gasteiger partial charge in [-0.2, -0.15) is 0 Å². The minimum atomic E-state index is 0.759. The van der Waals surface area contributed by atoms with Crippen molar-refractivity contribution in [2.75, 3.05) is 18.0 Å². The Bertz CT molecular complexity index is 364. The second-order valence-corrected chi connectivity index (χ2v) is 6.09. The second kappa shape index (κ2) is 4.99. The van der Waals surface area contributed by atoms with E-state index in [9.17, 15) is 0 Å². The molecule has 1 aliphatic carbocycles. The average Bonchev–Trinajstić information content (AvgIpc) is 3.15. The summed E-state index contributed by atoms with van der Waals surface area (Å²) in [6, 6.07) is 10.3. The number of benzene rings is 1. The van der Waals surface area contributed by atoms with Gasteiger partial charge in [-0.3, -0.25) is 0 Å². The normalized spacial score (nSPS) is 21.8. The maximum Gasteiger partial charge on any atom is 0.0366 e. The van der Waals surface area contributed by atoms with Gasteiger partial charge in [0.1, 0.15) is 0 Å². The number of nitrogens with one attached hydrogen (secondary N) is 1. The van der Waals surface area contributed by atoms with E-state index in [2.05, 4.69) is 50.4 Å². The number of hydrogen-bond donors (Lipinski definition) is 1. The lowest BCUT2D eigenvalue weighted by Gasteiger charge is -2.34. The lowest BCUT2D eigenvalue weighted by molar-refractivity contribution is 0.413. The molecule has 92 valence electrons. The van der Waals surface area contributed by atoms with Gasteiger partial charge in [-0.1, -0.05) is 15.9 Å². The van der Waals surface area contributed by atoms with Crippen LogP contribution in [-0.4, -0.2) is 25.2 Å². The Labute approximate surface area is 112 Å². The van der Waals surface area contributed by atoms with Crippen molar-refractivity contribution in [3.8, 4) is 0 Å². The third-order valence-corrected chi connectivity index (χ3v) is 4.26. The molecule has 2 nitrogen and oxygen atoms in total. The van der Waals surface area contributed by atoms with E-state index in [4.69, 9.17) is 0 Å². The monoisotopic (exact) mass is 294 g/mol. The molecule has 17 heavy (non-hydrogen) atoms. The summed E-state index contributed by atoms with van der Waals surface area (Å²) in [4.78, 5) is 2.50. The average molecular weight is 295 g/mol. The molecule has 0 spiro atoms. The molecular weight excluding hydrogens is 276 g/mol. The van der Waals surface area contributed by atoms with Gasteiger partial charge in [0.05, 0.1) is 0 Å². The molecule has 3 rings (SSSR count). The molecule has 1 saturated heterocycles. The van der Waals surface area contributed by atoms with Crippen LogP contribution in [0.15, 0.2) is 28.7 Å². The van der Waals surface area contributed by atoms with Crippen LogP contribution in [0.5, 0.6) is 0 Å². The van der Waals surface area contributed by atoms with Crippen LogP contribution in [0.3, 0.4) is 0 Å². The predicted octanol–water partition coefficient (Wildman–Crippen LogP) is 3.17. The van der Waals surface area contributed by atoms with E-state index in [1.807, 2.05) is 0 Å². The van der Waals surface area contributed by atoms with Crippen LogP contribution >= 0.6 is 15.9 Å². The molecule has 1 heterocycles. The highest BCUT2D eigenvalue weighted by Gasteiger charge is 2.26. The number of hydrogen-bond acceptors (Lipinski definition) is 2. The van der Waals surface area contributed by atoms with Crippen molar-refractivity contribution in [3.63, 3.8) is 0 Å². The molecular formula is C14H19BrN2. The quantitative estimate of drug-likeness (QED) is 0.921. The Balaban J connectivity index is 1.54. The lowest BCUT2D eigenvalue weighted by atomic mass is 10.0. The summed E-state index contributed by atoms with van der Waals surface area (Å²) in [5.41, 5.74) is 1.36. The Kier molecular flexibility index (Phi) is 3.39. The van der Waals surface area contributed by atoms with Crippen molar-refractivity contribution in [3.05, 3.63) is 28.7 Å². The number of anilines is 1. The number of nitrogens with zero attached hydrogens (tertiary/aromatic N) is 1. The Hall–Kier alpha value is -0.540. The fourth-order valence-corrected chi connectivity index (χ4v) is 2.80. The molecule has 2 aliphatic rings. The SMILES string of the molecule is Brc1ccc(N2CCC(NC3CC3)CC2)cc1. The molecule has 0 unspecified atom stereocenters. The van der Waals surface area contributed by atoms with Gasteiger partial charge < -0.3 is 10.2 Å². The van der Waals surface area contributed by atoms with Crippen LogP contribution in [0.4, 0.5) is 5.69 Å². The molecule has 1 aliphatic heterocycles. The molecule has 1 N–H and O–H groups in total. The first-order valence-electron chi connectivity index (χ1n) is 6.58. The van der Waals surface area contributed by atoms with E-state index < -0.39 is 0 Å². The van der Waals surface area contributed by atoms with Gasteiger partial charge in [0.25, 0.3) is 0 Å². The largest absolute Gasteiger partial charge is 0.371 e. The van der Waals surface area contributed by atoms with E-state index in [0.29, 0.717) is 0 Å². The van der Waals surface area contributed by atoms with Crippen molar-refractivity contribution < 1.29 is 0 Å². The number of rotatable bonds is 3. The van der Waals surface area contributed by atoms with Crippen molar-refractivity contribution >= 4 is 21.6 Å². The molecule has 0 atom stereocenters. The number of halogens is 1. The third kappa shape index (κ3) is 3.02. The molecule has 1 aromatic rings. The summed E-state index contributed by atoms with van der Waals surface area (Å²) >= 11 is 3.48. The van der Waals surface area contributed by atoms with Crippen molar-refractivity contribution in [1.82, 2.24) is 5.32 Å². The van der Waals surface area contributed by atoms with E-state index in [0.717, 1.165) is 16.6 Å². The molecule has 3 heteroatoms. The fraction of sp³-hybridized carbons (Fsp3) is 0.571. The maximum absolute atomic E-state index is 3.74. The van der Waals surface area contributed by atoms with E-state index in [-0.39, 0.29) is 0 Å². The third-order valence-electron chi connectivity index (χ3n) is 3.74. The predicted molar refractivity (Wildman–Crippen MR) is 75.5 cm³/mol. The van der Waals surface area contributed by atoms with Crippen LogP contribution in [0.25, 0.3) is 0 Å². The Morgan fingerprint density at radius 2 is 1.53 bits per heavy atom. The van der Waals surface area contributed by atoms with Crippen molar-refractivity contribution in [2.24, 2.45) is 0 Å². The van der Waals surface area contributed by atoms with Gasteiger partial charge in [-0.15, -0.1) is 0 Å². The zero-order valence-electron chi connectivity index (χ0n) is 10.0. The standard InChI is InChI=1S/C14H19BrN2/c15-11-1-5-14(6-2-11)17-9-7-13(8-10-17)16-12-3-4-12/h1-2,5-6,12-13,16H,3-4,7-10H2. The first-order chi connectivity index (χ1) is 8.31. The summed E-state index contributed by atoms with van der Waals surface area (Å²) < 4.78 is 1.16. The zero-order chi connectivity index (χ0) is 11.7. The van der Waals surface area contributed by atoms with Crippen LogP contribution < -0.4 is 10.2 Å². The maximum atomic E-state index is 3.74. The molecule has 2 fully saturated rings. The van der Waals surface area contributed by atoms with Crippen LogP contribution in [-0.2, 0) is 0 Å². The minimum Gasteiger partial charge on any atom is -0.371 e. The molecule has 0 radical (unpaired) electrons. The molecule has 0 aromatic heterocycles. The fourth-order valence-electron chi connectivity index (χ4n) is 2.54. The van der Waals surface area contributed by atoms with Gasteiger partial charge in [-0.05, 0) is 49.9 Å². The van der Waals surface area contributed by atoms with E-state index >= 15 is 0 Å². The van der Waals surface area contributed by atoms with Crippen molar-refractivity contribution in [2.45, 2.75) is 37.8 Å². The molecule has 1 saturated carbocycles. The van der Waals surface area contributed by atoms with Gasteiger partial charge in [-0.25, -0.2) is 0 Å². The summed E-state index contributed by atoms with van der Waals surface area (Å²) in [5, 5.41) is 3.74. The molecule has 0 amide bonds. The molecule has 1 aromatic carbocycles. The van der Waals surface area contributed by atoms with Gasteiger partial charge >= 0.3 is 0 Å². The smallest absolute Gasteiger partial charge is 0.0366 e. The first-order valence-corrected chi connectivity index (χ1v) is 7.37. The Morgan fingerprint density at radius 3 is 2.12 bits per heavy atom.